The molecule has 0 radical (unpaired) electrons. The molecule has 0 atom stereocenters. The second kappa shape index (κ2) is 7.04. The number of aromatic nitrogens is 1. The third-order valence-electron chi connectivity index (χ3n) is 2.14. The van der Waals surface area contributed by atoms with E-state index in [0.29, 0.717) is 12.1 Å². The lowest BCUT2D eigenvalue weighted by Gasteiger charge is -1.99. The van der Waals surface area contributed by atoms with Gasteiger partial charge in [0.15, 0.2) is 0 Å². The normalized spacial score (nSPS) is 9.48. The molecule has 3 N–H and O–H groups in total. The van der Waals surface area contributed by atoms with Crippen LogP contribution in [0.2, 0.25) is 0 Å². The van der Waals surface area contributed by atoms with Crippen LogP contribution in [0.25, 0.3) is 0 Å². The lowest BCUT2D eigenvalue weighted by molar-refractivity contribution is 0.0690. The molecule has 1 aromatic carbocycles. The van der Waals surface area contributed by atoms with E-state index in [1.54, 1.807) is 12.1 Å². The smallest absolute Gasteiger partial charge is 0.354 e. The highest BCUT2D eigenvalue weighted by atomic mass is 19.1. The molecule has 2 rings (SSSR count). The third kappa shape index (κ3) is 4.60. The summed E-state index contributed by atoms with van der Waals surface area (Å²) in [4.78, 5) is 24.1. The number of nitrogens with two attached hydrogens (primary N) is 1. The van der Waals surface area contributed by atoms with E-state index in [4.69, 9.17) is 5.11 Å². The molecular formula is C13H9F3N2O3. The first kappa shape index (κ1) is 16.2. The molecule has 5 nitrogen and oxygen atoms in total. The fourth-order valence-corrected chi connectivity index (χ4v) is 1.27. The average molecular weight is 298 g/mol. The number of carboxylic acid groups (broad SMARTS) is 1. The summed E-state index contributed by atoms with van der Waals surface area (Å²) in [6.07, 6.45) is 1.45. The van der Waals surface area contributed by atoms with E-state index in [1.165, 1.54) is 12.3 Å². The molecule has 0 bridgehead atoms. The number of amides is 1. The lowest BCUT2D eigenvalue weighted by Crippen LogP contribution is -2.15. The van der Waals surface area contributed by atoms with Gasteiger partial charge in [-0.1, -0.05) is 6.07 Å². The minimum Gasteiger partial charge on any atom is -0.477 e. The molecular weight excluding hydrogens is 289 g/mol. The van der Waals surface area contributed by atoms with Crippen LogP contribution in [0.3, 0.4) is 0 Å². The largest absolute Gasteiger partial charge is 0.477 e. The standard InChI is InChI=1S/C7H4F3NO.C6H5NO2/c8-3-1-4(9)6(7(11)12)5(10)2-3;8-6(9)5-3-1-2-4-7-5/h1-2H,(H2,11,12);1-4H,(H,8,9). The maximum Gasteiger partial charge on any atom is 0.354 e. The summed E-state index contributed by atoms with van der Waals surface area (Å²) in [5.41, 5.74) is 3.79. The summed E-state index contributed by atoms with van der Waals surface area (Å²) in [5, 5.41) is 8.32. The van der Waals surface area contributed by atoms with Gasteiger partial charge in [-0.25, -0.2) is 22.9 Å². The van der Waals surface area contributed by atoms with Crippen molar-refractivity contribution in [2.75, 3.05) is 0 Å². The number of hydrogen-bond acceptors (Lipinski definition) is 3. The van der Waals surface area contributed by atoms with Gasteiger partial charge in [0.2, 0.25) is 0 Å². The molecule has 0 saturated carbocycles. The Morgan fingerprint density at radius 1 is 1.10 bits per heavy atom. The van der Waals surface area contributed by atoms with E-state index in [9.17, 15) is 22.8 Å². The van der Waals surface area contributed by atoms with Crippen molar-refractivity contribution in [1.29, 1.82) is 0 Å². The Bertz CT molecular complexity index is 640. The number of carboxylic acids is 1. The predicted octanol–water partition coefficient (Wildman–Crippen LogP) is 1.98. The number of halogens is 3. The van der Waals surface area contributed by atoms with Crippen molar-refractivity contribution in [3.8, 4) is 0 Å². The zero-order chi connectivity index (χ0) is 16.0. The topological polar surface area (TPSA) is 93.3 Å². The first-order valence-corrected chi connectivity index (χ1v) is 5.41. The van der Waals surface area contributed by atoms with Crippen molar-refractivity contribution in [2.45, 2.75) is 0 Å². The molecule has 0 unspecified atom stereocenters. The third-order valence-corrected chi connectivity index (χ3v) is 2.14. The van der Waals surface area contributed by atoms with Crippen molar-refractivity contribution in [1.82, 2.24) is 4.98 Å². The van der Waals surface area contributed by atoms with E-state index in [2.05, 4.69) is 10.7 Å². The van der Waals surface area contributed by atoms with Crippen LogP contribution in [0.5, 0.6) is 0 Å². The number of primary amides is 1. The van der Waals surface area contributed by atoms with Crippen molar-refractivity contribution >= 4 is 11.9 Å². The number of pyridine rings is 1. The molecule has 1 heterocycles. The summed E-state index contributed by atoms with van der Waals surface area (Å²) in [5.74, 6) is -5.92. The molecule has 8 heteroatoms. The zero-order valence-electron chi connectivity index (χ0n) is 10.4. The van der Waals surface area contributed by atoms with Crippen molar-refractivity contribution < 1.29 is 27.9 Å². The van der Waals surface area contributed by atoms with Gasteiger partial charge in [0.25, 0.3) is 5.91 Å². The average Bonchev–Trinajstić information content (AvgIpc) is 2.38. The Hall–Kier alpha value is -2.90. The predicted molar refractivity (Wildman–Crippen MR) is 66.0 cm³/mol. The van der Waals surface area contributed by atoms with Crippen molar-refractivity contribution in [3.05, 3.63) is 65.2 Å². The van der Waals surface area contributed by atoms with Gasteiger partial charge in [-0.15, -0.1) is 0 Å². The number of hydrogen-bond donors (Lipinski definition) is 2. The summed E-state index contributed by atoms with van der Waals surface area (Å²) < 4.78 is 37.4. The van der Waals surface area contributed by atoms with Crippen LogP contribution in [0.15, 0.2) is 36.5 Å². The van der Waals surface area contributed by atoms with Gasteiger partial charge >= 0.3 is 5.97 Å². The van der Waals surface area contributed by atoms with Crippen LogP contribution in [0, 0.1) is 17.5 Å². The lowest BCUT2D eigenvalue weighted by atomic mass is 10.2. The van der Waals surface area contributed by atoms with Crippen LogP contribution in [0.1, 0.15) is 20.8 Å². The molecule has 21 heavy (non-hydrogen) atoms. The SMILES string of the molecule is NC(=O)c1c(F)cc(F)cc1F.O=C(O)c1ccccn1. The van der Waals surface area contributed by atoms with Crippen molar-refractivity contribution in [3.63, 3.8) is 0 Å². The number of nitrogens with zero attached hydrogens (tertiary/aromatic N) is 1. The van der Waals surface area contributed by atoms with E-state index >= 15 is 0 Å². The second-order valence-electron chi connectivity index (χ2n) is 3.63. The van der Waals surface area contributed by atoms with Crippen molar-refractivity contribution in [2.24, 2.45) is 5.73 Å². The zero-order valence-corrected chi connectivity index (χ0v) is 10.4. The van der Waals surface area contributed by atoms with Gasteiger partial charge in [0.05, 0.1) is 0 Å². The number of carbonyl (C=O) groups excluding carboxylic acids is 1. The summed E-state index contributed by atoms with van der Waals surface area (Å²) in [6.45, 7) is 0. The van der Waals surface area contributed by atoms with Gasteiger partial charge in [0.1, 0.15) is 28.7 Å². The highest BCUT2D eigenvalue weighted by Gasteiger charge is 2.15. The Kier molecular flexibility index (Phi) is 5.41. The molecule has 2 aromatic rings. The maximum atomic E-state index is 12.6. The number of aromatic carboxylic acids is 1. The highest BCUT2D eigenvalue weighted by Crippen LogP contribution is 2.13. The molecule has 0 aliphatic carbocycles. The summed E-state index contributed by atoms with van der Waals surface area (Å²) >= 11 is 0. The second-order valence-corrected chi connectivity index (χ2v) is 3.63. The minimum atomic E-state index is -1.29. The summed E-state index contributed by atoms with van der Waals surface area (Å²) in [6, 6.07) is 5.54. The van der Waals surface area contributed by atoms with E-state index < -0.39 is 34.9 Å². The Labute approximate surface area is 116 Å². The fraction of sp³-hybridized carbons (Fsp3) is 0. The van der Waals surface area contributed by atoms with Gasteiger partial charge < -0.3 is 10.8 Å². The molecule has 1 amide bonds. The first-order chi connectivity index (χ1) is 9.82. The van der Waals surface area contributed by atoms with Gasteiger partial charge in [-0.2, -0.15) is 0 Å². The minimum absolute atomic E-state index is 0.0810. The van der Waals surface area contributed by atoms with Crippen LogP contribution >= 0.6 is 0 Å². The molecule has 0 aliphatic heterocycles. The van der Waals surface area contributed by atoms with Crippen LogP contribution in [-0.2, 0) is 0 Å². The first-order valence-electron chi connectivity index (χ1n) is 5.41. The molecule has 0 fully saturated rings. The number of carbonyl (C=O) groups is 2. The maximum absolute atomic E-state index is 12.6. The number of benzene rings is 1. The van der Waals surface area contributed by atoms with Crippen LogP contribution < -0.4 is 5.73 Å². The Balaban J connectivity index is 0.000000219. The fourth-order valence-electron chi connectivity index (χ4n) is 1.27. The molecule has 0 saturated heterocycles. The van der Waals surface area contributed by atoms with E-state index in [1.807, 2.05) is 0 Å². The van der Waals surface area contributed by atoms with E-state index in [0.717, 1.165) is 0 Å². The molecule has 110 valence electrons. The molecule has 0 aliphatic rings. The number of rotatable bonds is 2. The van der Waals surface area contributed by atoms with Crippen LogP contribution in [-0.4, -0.2) is 22.0 Å². The highest BCUT2D eigenvalue weighted by molar-refractivity contribution is 5.93. The van der Waals surface area contributed by atoms with Gasteiger partial charge in [-0.05, 0) is 12.1 Å². The quantitative estimate of drug-likeness (QED) is 0.886. The van der Waals surface area contributed by atoms with Crippen LogP contribution in [0.4, 0.5) is 13.2 Å². The van der Waals surface area contributed by atoms with Gasteiger partial charge in [-0.3, -0.25) is 4.79 Å². The molecule has 0 spiro atoms. The Morgan fingerprint density at radius 3 is 2.00 bits per heavy atom. The monoisotopic (exact) mass is 298 g/mol. The molecule has 1 aromatic heterocycles. The summed E-state index contributed by atoms with van der Waals surface area (Å²) in [7, 11) is 0. The van der Waals surface area contributed by atoms with Gasteiger partial charge in [0, 0.05) is 18.3 Å². The van der Waals surface area contributed by atoms with E-state index in [-0.39, 0.29) is 5.69 Å². The Morgan fingerprint density at radius 2 is 1.67 bits per heavy atom.